The average Bonchev–Trinajstić information content (AvgIpc) is 3.29. The summed E-state index contributed by atoms with van der Waals surface area (Å²) in [6.45, 7) is 2.04. The van der Waals surface area contributed by atoms with Crippen molar-refractivity contribution in [1.82, 2.24) is 5.32 Å². The third kappa shape index (κ3) is 4.32. The minimum Gasteiger partial charge on any atom is -0.393 e. The van der Waals surface area contributed by atoms with Crippen LogP contribution in [0.1, 0.15) is 42.0 Å². The number of allylic oxidation sites excluding steroid dienone is 7. The highest BCUT2D eigenvalue weighted by Crippen LogP contribution is 2.57. The van der Waals surface area contributed by atoms with Crippen molar-refractivity contribution in [1.29, 1.82) is 0 Å². The first kappa shape index (κ1) is 24.8. The van der Waals surface area contributed by atoms with E-state index in [4.69, 9.17) is 0 Å². The smallest absolute Gasteiger partial charge is 0.0711 e. The topological polar surface area (TPSA) is 24.1 Å². The van der Waals surface area contributed by atoms with Gasteiger partial charge in [-0.2, -0.15) is 0 Å². The molecule has 0 heterocycles. The molecular formula is C37H34N2. The number of benzene rings is 4. The van der Waals surface area contributed by atoms with Crippen molar-refractivity contribution < 1.29 is 0 Å². The molecule has 0 spiro atoms. The zero-order valence-corrected chi connectivity index (χ0v) is 22.6. The predicted octanol–water partition coefficient (Wildman–Crippen LogP) is 9.16. The van der Waals surface area contributed by atoms with Crippen molar-refractivity contribution in [3.8, 4) is 11.1 Å². The summed E-state index contributed by atoms with van der Waals surface area (Å²) >= 11 is 0. The molecule has 2 nitrogen and oxygen atoms in total. The van der Waals surface area contributed by atoms with Crippen molar-refractivity contribution in [2.24, 2.45) is 0 Å². The molecule has 39 heavy (non-hydrogen) atoms. The van der Waals surface area contributed by atoms with Gasteiger partial charge in [-0.15, -0.1) is 0 Å². The van der Waals surface area contributed by atoms with E-state index in [0.29, 0.717) is 0 Å². The van der Waals surface area contributed by atoms with E-state index in [-0.39, 0.29) is 5.41 Å². The highest BCUT2D eigenvalue weighted by Gasteiger charge is 2.46. The number of hydrogen-bond donors (Lipinski definition) is 2. The zero-order chi connectivity index (χ0) is 26.7. The summed E-state index contributed by atoms with van der Waals surface area (Å²) in [5.41, 5.74) is 12.1. The minimum absolute atomic E-state index is 0.342. The maximum atomic E-state index is 3.69. The van der Waals surface area contributed by atoms with Gasteiger partial charge in [-0.3, -0.25) is 0 Å². The second-order valence-corrected chi connectivity index (χ2v) is 10.2. The lowest BCUT2D eigenvalue weighted by Crippen LogP contribution is -2.29. The van der Waals surface area contributed by atoms with E-state index in [1.54, 1.807) is 0 Å². The lowest BCUT2D eigenvalue weighted by molar-refractivity contribution is 0.752. The molecule has 0 saturated heterocycles. The van der Waals surface area contributed by atoms with E-state index < -0.39 is 0 Å². The van der Waals surface area contributed by atoms with E-state index in [1.807, 2.05) is 20.2 Å². The summed E-state index contributed by atoms with van der Waals surface area (Å²) in [5, 5.41) is 6.84. The van der Waals surface area contributed by atoms with E-state index in [1.165, 1.54) is 39.0 Å². The van der Waals surface area contributed by atoms with Gasteiger partial charge in [-0.1, -0.05) is 103 Å². The zero-order valence-electron chi connectivity index (χ0n) is 22.6. The van der Waals surface area contributed by atoms with Crippen molar-refractivity contribution in [2.45, 2.75) is 25.2 Å². The van der Waals surface area contributed by atoms with Gasteiger partial charge in [-0.05, 0) is 88.6 Å². The van der Waals surface area contributed by atoms with Crippen LogP contribution in [-0.4, -0.2) is 7.05 Å². The molecule has 1 unspecified atom stereocenters. The molecule has 0 bridgehead atoms. The van der Waals surface area contributed by atoms with Crippen LogP contribution in [0.4, 0.5) is 11.4 Å². The normalized spacial score (nSPS) is 18.0. The largest absolute Gasteiger partial charge is 0.393 e. The number of anilines is 2. The Kier molecular flexibility index (Phi) is 6.77. The van der Waals surface area contributed by atoms with Crippen LogP contribution >= 0.6 is 0 Å². The molecule has 0 radical (unpaired) electrons. The number of fused-ring (bicyclic) bond motifs is 3. The van der Waals surface area contributed by atoms with Gasteiger partial charge in [0, 0.05) is 24.6 Å². The maximum Gasteiger partial charge on any atom is 0.0711 e. The standard InChI is InChI=1S/C37H34N2/c1-3-12-28(26-38-2)27-19-21-31(22-20-27)39-32-23-24-34-33-17-10-11-18-35(33)37(36(34)25-32,29-13-6-4-7-14-29)30-15-8-5-9-16-30/h3-4,6-8,10-26,38-39H,5,9H2,1-2H3/b12-3-,28-26+. The van der Waals surface area contributed by atoms with Gasteiger partial charge in [0.1, 0.15) is 0 Å². The first-order chi connectivity index (χ1) is 19.3. The van der Waals surface area contributed by atoms with Gasteiger partial charge < -0.3 is 10.6 Å². The van der Waals surface area contributed by atoms with Crippen LogP contribution in [-0.2, 0) is 5.41 Å². The molecule has 2 aliphatic rings. The Hall–Kier alpha value is -4.56. The van der Waals surface area contributed by atoms with E-state index in [0.717, 1.165) is 29.8 Å². The third-order valence-electron chi connectivity index (χ3n) is 7.83. The molecule has 0 aromatic heterocycles. The van der Waals surface area contributed by atoms with Crippen molar-refractivity contribution in [2.75, 3.05) is 12.4 Å². The number of rotatable bonds is 7. The summed E-state index contributed by atoms with van der Waals surface area (Å²) in [6.07, 6.45) is 15.5. The first-order valence-corrected chi connectivity index (χ1v) is 13.8. The van der Waals surface area contributed by atoms with Gasteiger partial charge in [0.05, 0.1) is 5.41 Å². The maximum absolute atomic E-state index is 3.69. The Labute approximate surface area is 232 Å². The van der Waals surface area contributed by atoms with Crippen LogP contribution in [0.5, 0.6) is 0 Å². The third-order valence-corrected chi connectivity index (χ3v) is 7.83. The molecule has 1 atom stereocenters. The van der Waals surface area contributed by atoms with E-state index >= 15 is 0 Å². The molecule has 0 amide bonds. The number of nitrogens with one attached hydrogen (secondary N) is 2. The van der Waals surface area contributed by atoms with Crippen LogP contribution in [0, 0.1) is 0 Å². The Bertz CT molecular complexity index is 1600. The molecule has 0 saturated carbocycles. The van der Waals surface area contributed by atoms with E-state index in [9.17, 15) is 0 Å². The summed E-state index contributed by atoms with van der Waals surface area (Å²) in [4.78, 5) is 0. The molecule has 6 rings (SSSR count). The lowest BCUT2D eigenvalue weighted by Gasteiger charge is -2.35. The molecule has 4 aromatic carbocycles. The Morgan fingerprint density at radius 2 is 1.51 bits per heavy atom. The molecular weight excluding hydrogens is 472 g/mol. The summed E-state index contributed by atoms with van der Waals surface area (Å²) in [6, 6.07) is 35.5. The Morgan fingerprint density at radius 1 is 0.769 bits per heavy atom. The van der Waals surface area contributed by atoms with Crippen molar-refractivity contribution >= 4 is 16.9 Å². The first-order valence-electron chi connectivity index (χ1n) is 13.8. The second-order valence-electron chi connectivity index (χ2n) is 10.2. The molecule has 4 aromatic rings. The fourth-order valence-electron chi connectivity index (χ4n) is 6.20. The quantitative estimate of drug-likeness (QED) is 0.244. The van der Waals surface area contributed by atoms with Crippen LogP contribution in [0.15, 0.2) is 139 Å². The van der Waals surface area contributed by atoms with Crippen LogP contribution < -0.4 is 10.6 Å². The van der Waals surface area contributed by atoms with Crippen molar-refractivity contribution in [3.05, 3.63) is 161 Å². The fourth-order valence-corrected chi connectivity index (χ4v) is 6.20. The SMILES string of the molecule is C/C=C\C(=C/NC)c1ccc(Nc2ccc3c(c2)C(C2=CCCC=C2)(c2ccccc2)c2ccccc2-3)cc1. The molecule has 192 valence electrons. The van der Waals surface area contributed by atoms with Gasteiger partial charge >= 0.3 is 0 Å². The highest BCUT2D eigenvalue weighted by molar-refractivity contribution is 5.88. The molecule has 0 fully saturated rings. The van der Waals surface area contributed by atoms with E-state index in [2.05, 4.69) is 138 Å². The molecule has 2 heteroatoms. The molecule has 0 aliphatic heterocycles. The minimum atomic E-state index is -0.342. The average molecular weight is 507 g/mol. The Morgan fingerprint density at radius 3 is 2.26 bits per heavy atom. The van der Waals surface area contributed by atoms with Crippen LogP contribution in [0.3, 0.4) is 0 Å². The highest BCUT2D eigenvalue weighted by atomic mass is 14.9. The number of hydrogen-bond acceptors (Lipinski definition) is 2. The van der Waals surface area contributed by atoms with Gasteiger partial charge in [0.2, 0.25) is 0 Å². The summed E-state index contributed by atoms with van der Waals surface area (Å²) in [5.74, 6) is 0. The summed E-state index contributed by atoms with van der Waals surface area (Å²) in [7, 11) is 1.93. The van der Waals surface area contributed by atoms with Gasteiger partial charge in [0.25, 0.3) is 0 Å². The predicted molar refractivity (Wildman–Crippen MR) is 166 cm³/mol. The lowest BCUT2D eigenvalue weighted by atomic mass is 9.66. The van der Waals surface area contributed by atoms with Crippen molar-refractivity contribution in [3.63, 3.8) is 0 Å². The monoisotopic (exact) mass is 506 g/mol. The van der Waals surface area contributed by atoms with Gasteiger partial charge in [-0.25, -0.2) is 0 Å². The molecule has 2 N–H and O–H groups in total. The fraction of sp³-hybridized carbons (Fsp3) is 0.135. The van der Waals surface area contributed by atoms with Gasteiger partial charge in [0.15, 0.2) is 0 Å². The Balaban J connectivity index is 1.46. The van der Waals surface area contributed by atoms with Crippen LogP contribution in [0.2, 0.25) is 0 Å². The van der Waals surface area contributed by atoms with Crippen LogP contribution in [0.25, 0.3) is 16.7 Å². The summed E-state index contributed by atoms with van der Waals surface area (Å²) < 4.78 is 0. The second kappa shape index (κ2) is 10.7. The molecule has 2 aliphatic carbocycles.